The summed E-state index contributed by atoms with van der Waals surface area (Å²) in [5, 5.41) is 12.4. The number of rotatable bonds is 2. The van der Waals surface area contributed by atoms with E-state index in [1.165, 1.54) is 23.5 Å². The SMILES string of the molecule is NC1=NN(CN2N=CSC2N)CS1. The molecule has 1 atom stereocenters. The number of thioether (sulfide) groups is 2. The Morgan fingerprint density at radius 3 is 3.08 bits per heavy atom. The number of amidine groups is 1. The molecule has 13 heavy (non-hydrogen) atoms. The van der Waals surface area contributed by atoms with Crippen molar-refractivity contribution in [1.29, 1.82) is 0 Å². The van der Waals surface area contributed by atoms with E-state index in [0.29, 0.717) is 11.8 Å². The normalized spacial score (nSPS) is 27.2. The minimum atomic E-state index is -0.0953. The van der Waals surface area contributed by atoms with Crippen LogP contribution < -0.4 is 11.5 Å². The molecule has 4 N–H and O–H groups in total. The van der Waals surface area contributed by atoms with Crippen LogP contribution in [0.4, 0.5) is 0 Å². The highest BCUT2D eigenvalue weighted by atomic mass is 32.2. The van der Waals surface area contributed by atoms with Crippen LogP contribution in [-0.4, -0.2) is 38.8 Å². The van der Waals surface area contributed by atoms with Gasteiger partial charge in [0.05, 0.1) is 11.4 Å². The third-order valence-corrected chi connectivity index (χ3v) is 3.14. The Morgan fingerprint density at radius 2 is 2.54 bits per heavy atom. The molecule has 2 aliphatic heterocycles. The first-order valence-electron chi connectivity index (χ1n) is 3.67. The maximum atomic E-state index is 5.74. The van der Waals surface area contributed by atoms with Crippen molar-refractivity contribution in [2.24, 2.45) is 21.7 Å². The molecule has 2 rings (SSSR count). The predicted molar refractivity (Wildman–Crippen MR) is 56.7 cm³/mol. The van der Waals surface area contributed by atoms with Gasteiger partial charge in [-0.15, -0.1) is 0 Å². The van der Waals surface area contributed by atoms with Crippen molar-refractivity contribution in [1.82, 2.24) is 10.0 Å². The largest absolute Gasteiger partial charge is 0.377 e. The summed E-state index contributed by atoms with van der Waals surface area (Å²) >= 11 is 3.01. The number of hydrogen-bond acceptors (Lipinski definition) is 8. The first-order valence-corrected chi connectivity index (χ1v) is 5.60. The summed E-state index contributed by atoms with van der Waals surface area (Å²) in [4.78, 5) is 0. The lowest BCUT2D eigenvalue weighted by molar-refractivity contribution is 0.156. The smallest absolute Gasteiger partial charge is 0.179 e. The number of hydrogen-bond donors (Lipinski definition) is 2. The monoisotopic (exact) mass is 218 g/mol. The van der Waals surface area contributed by atoms with Gasteiger partial charge in [-0.05, 0) is 0 Å². The molecule has 0 fully saturated rings. The van der Waals surface area contributed by atoms with E-state index in [0.717, 1.165) is 5.88 Å². The van der Waals surface area contributed by atoms with Crippen LogP contribution in [0.25, 0.3) is 0 Å². The third kappa shape index (κ3) is 2.01. The van der Waals surface area contributed by atoms with E-state index in [2.05, 4.69) is 10.2 Å². The molecular formula is C5H10N6S2. The van der Waals surface area contributed by atoms with Crippen LogP contribution in [0.3, 0.4) is 0 Å². The molecule has 72 valence electrons. The second-order valence-corrected chi connectivity index (χ2v) is 4.48. The van der Waals surface area contributed by atoms with Crippen LogP contribution in [-0.2, 0) is 0 Å². The molecule has 2 aliphatic rings. The summed E-state index contributed by atoms with van der Waals surface area (Å²) in [6.45, 7) is 0.596. The van der Waals surface area contributed by atoms with E-state index in [9.17, 15) is 0 Å². The molecule has 0 aromatic carbocycles. The van der Waals surface area contributed by atoms with Crippen LogP contribution in [0.5, 0.6) is 0 Å². The fourth-order valence-corrected chi connectivity index (χ4v) is 2.14. The lowest BCUT2D eigenvalue weighted by atomic mass is 10.8. The van der Waals surface area contributed by atoms with Gasteiger partial charge in [0.15, 0.2) is 5.17 Å². The van der Waals surface area contributed by atoms with E-state index in [4.69, 9.17) is 11.5 Å². The van der Waals surface area contributed by atoms with Gasteiger partial charge in [0.2, 0.25) is 0 Å². The summed E-state index contributed by atoms with van der Waals surface area (Å²) < 4.78 is 0. The topological polar surface area (TPSA) is 83.2 Å². The zero-order valence-electron chi connectivity index (χ0n) is 6.83. The van der Waals surface area contributed by atoms with Gasteiger partial charge >= 0.3 is 0 Å². The summed E-state index contributed by atoms with van der Waals surface area (Å²) in [6.07, 6.45) is 0. The van der Waals surface area contributed by atoms with Crippen molar-refractivity contribution in [3.8, 4) is 0 Å². The van der Waals surface area contributed by atoms with Crippen molar-refractivity contribution >= 4 is 34.2 Å². The van der Waals surface area contributed by atoms with Crippen LogP contribution in [0.15, 0.2) is 10.2 Å². The quantitative estimate of drug-likeness (QED) is 0.645. The highest BCUT2D eigenvalue weighted by Gasteiger charge is 2.21. The van der Waals surface area contributed by atoms with Gasteiger partial charge in [-0.3, -0.25) is 5.01 Å². The molecule has 0 bridgehead atoms. The van der Waals surface area contributed by atoms with Gasteiger partial charge in [0.1, 0.15) is 12.2 Å². The highest BCUT2D eigenvalue weighted by Crippen LogP contribution is 2.19. The van der Waals surface area contributed by atoms with Crippen molar-refractivity contribution in [3.05, 3.63) is 0 Å². The van der Waals surface area contributed by atoms with Crippen LogP contribution in [0.1, 0.15) is 0 Å². The zero-order chi connectivity index (χ0) is 9.26. The zero-order valence-corrected chi connectivity index (χ0v) is 8.46. The number of nitrogens with zero attached hydrogens (tertiary/aromatic N) is 4. The van der Waals surface area contributed by atoms with Crippen LogP contribution >= 0.6 is 23.5 Å². The summed E-state index contributed by atoms with van der Waals surface area (Å²) in [7, 11) is 0. The van der Waals surface area contributed by atoms with E-state index < -0.39 is 0 Å². The van der Waals surface area contributed by atoms with Gasteiger partial charge in [-0.1, -0.05) is 23.5 Å². The molecule has 0 spiro atoms. The fourth-order valence-electron chi connectivity index (χ4n) is 0.981. The molecular weight excluding hydrogens is 208 g/mol. The molecule has 0 amide bonds. The van der Waals surface area contributed by atoms with Gasteiger partial charge in [0, 0.05) is 0 Å². The molecule has 8 heteroatoms. The Bertz CT molecular complexity index is 253. The van der Waals surface area contributed by atoms with Crippen LogP contribution in [0.2, 0.25) is 0 Å². The van der Waals surface area contributed by atoms with E-state index >= 15 is 0 Å². The van der Waals surface area contributed by atoms with Crippen molar-refractivity contribution in [2.75, 3.05) is 12.5 Å². The molecule has 0 saturated carbocycles. The maximum Gasteiger partial charge on any atom is 0.179 e. The first-order chi connectivity index (χ1) is 6.25. The molecule has 0 saturated heterocycles. The molecule has 2 heterocycles. The van der Waals surface area contributed by atoms with Crippen LogP contribution in [0, 0.1) is 0 Å². The van der Waals surface area contributed by atoms with E-state index in [1.54, 1.807) is 10.6 Å². The molecule has 0 aromatic heterocycles. The molecule has 1 unspecified atom stereocenters. The fraction of sp³-hybridized carbons (Fsp3) is 0.600. The predicted octanol–water partition coefficient (Wildman–Crippen LogP) is -0.586. The summed E-state index contributed by atoms with van der Waals surface area (Å²) in [5.41, 5.74) is 12.9. The second kappa shape index (κ2) is 3.64. The Balaban J connectivity index is 1.88. The van der Waals surface area contributed by atoms with Crippen molar-refractivity contribution in [2.45, 2.75) is 5.50 Å². The van der Waals surface area contributed by atoms with Gasteiger partial charge < -0.3 is 11.5 Å². The minimum Gasteiger partial charge on any atom is -0.377 e. The maximum absolute atomic E-state index is 5.74. The highest BCUT2D eigenvalue weighted by molar-refractivity contribution is 8.14. The summed E-state index contributed by atoms with van der Waals surface area (Å²) in [5.74, 6) is 0.773. The lowest BCUT2D eigenvalue weighted by Gasteiger charge is -2.23. The Labute approximate surface area is 84.4 Å². The van der Waals surface area contributed by atoms with E-state index in [1.807, 2.05) is 5.01 Å². The Hall–Kier alpha value is -0.600. The standard InChI is InChI=1S/C5H10N6S2/c6-4-9-10(3-13-4)2-11-5(7)12-1-8-11/h1,5H,2-3,7H2,(H2,6,9). The average molecular weight is 218 g/mol. The van der Waals surface area contributed by atoms with Gasteiger partial charge in [-0.25, -0.2) is 5.01 Å². The molecule has 0 radical (unpaired) electrons. The van der Waals surface area contributed by atoms with Crippen molar-refractivity contribution < 1.29 is 0 Å². The first kappa shape index (κ1) is 8.97. The molecule has 0 aliphatic carbocycles. The molecule has 6 nitrogen and oxygen atoms in total. The number of hydrazone groups is 2. The number of nitrogens with two attached hydrogens (primary N) is 2. The van der Waals surface area contributed by atoms with Crippen molar-refractivity contribution in [3.63, 3.8) is 0 Å². The lowest BCUT2D eigenvalue weighted by Crippen LogP contribution is -2.38. The van der Waals surface area contributed by atoms with E-state index in [-0.39, 0.29) is 5.50 Å². The Morgan fingerprint density at radius 1 is 1.69 bits per heavy atom. The average Bonchev–Trinajstić information content (AvgIpc) is 2.64. The van der Waals surface area contributed by atoms with Gasteiger partial charge in [-0.2, -0.15) is 10.2 Å². The third-order valence-electron chi connectivity index (χ3n) is 1.60. The molecule has 0 aromatic rings. The minimum absolute atomic E-state index is 0.0953. The second-order valence-electron chi connectivity index (χ2n) is 2.55. The Kier molecular flexibility index (Phi) is 2.51. The summed E-state index contributed by atoms with van der Waals surface area (Å²) in [6, 6.07) is 0. The van der Waals surface area contributed by atoms with Gasteiger partial charge in [0.25, 0.3) is 0 Å².